The molecule has 0 bridgehead atoms. The largest absolute Gasteiger partial charge is 0.455 e. The minimum Gasteiger partial charge on any atom is -0.455 e. The van der Waals surface area contributed by atoms with E-state index in [1.165, 1.54) is 6.42 Å². The molecule has 2 fully saturated rings. The molecule has 7 heteroatoms. The van der Waals surface area contributed by atoms with Gasteiger partial charge >= 0.3 is 5.97 Å². The first kappa shape index (κ1) is 15.7. The Hall–Kier alpha value is -1.66. The maximum absolute atomic E-state index is 11.8. The van der Waals surface area contributed by atoms with Crippen molar-refractivity contribution in [1.29, 1.82) is 0 Å². The van der Waals surface area contributed by atoms with Crippen molar-refractivity contribution in [1.82, 2.24) is 5.32 Å². The predicted octanol–water partition coefficient (Wildman–Crippen LogP) is 1.14. The maximum atomic E-state index is 11.8. The molecule has 118 valence electrons. The molecular formula is C14H22N2O5. The smallest absolute Gasteiger partial charge is 0.316 e. The lowest BCUT2D eigenvalue weighted by atomic mass is 9.78. The number of nitrogens with one attached hydrogen (secondary N) is 1. The number of nitro groups is 1. The lowest BCUT2D eigenvalue weighted by Gasteiger charge is -2.34. The van der Waals surface area contributed by atoms with Crippen LogP contribution in [0.5, 0.6) is 0 Å². The normalized spacial score (nSPS) is 34.9. The second-order valence-electron chi connectivity index (χ2n) is 6.24. The van der Waals surface area contributed by atoms with Crippen molar-refractivity contribution >= 4 is 11.9 Å². The van der Waals surface area contributed by atoms with Gasteiger partial charge in [0.25, 0.3) is 5.91 Å². The van der Waals surface area contributed by atoms with Crippen LogP contribution in [0.1, 0.15) is 39.5 Å². The highest BCUT2D eigenvalue weighted by Gasteiger charge is 2.54. The Bertz CT molecular complexity index is 439. The van der Waals surface area contributed by atoms with Gasteiger partial charge in [-0.1, -0.05) is 26.7 Å². The van der Waals surface area contributed by atoms with Crippen LogP contribution in [-0.2, 0) is 14.3 Å². The fourth-order valence-electron chi connectivity index (χ4n) is 2.95. The van der Waals surface area contributed by atoms with E-state index in [-0.39, 0.29) is 25.0 Å². The number of ether oxygens (including phenoxy) is 1. The van der Waals surface area contributed by atoms with Gasteiger partial charge in [0.05, 0.1) is 0 Å². The van der Waals surface area contributed by atoms with Crippen LogP contribution in [0, 0.1) is 27.9 Å². The van der Waals surface area contributed by atoms with Gasteiger partial charge in [-0.05, 0) is 18.3 Å². The minimum atomic E-state index is -0.834. The van der Waals surface area contributed by atoms with Crippen molar-refractivity contribution < 1.29 is 19.2 Å². The van der Waals surface area contributed by atoms with Crippen LogP contribution in [0.2, 0.25) is 0 Å². The van der Waals surface area contributed by atoms with E-state index in [9.17, 15) is 19.7 Å². The quantitative estimate of drug-likeness (QED) is 0.466. The van der Waals surface area contributed by atoms with Crippen molar-refractivity contribution in [2.75, 3.05) is 6.61 Å². The summed E-state index contributed by atoms with van der Waals surface area (Å²) in [6.07, 6.45) is 3.41. The van der Waals surface area contributed by atoms with Crippen molar-refractivity contribution in [3.05, 3.63) is 10.1 Å². The van der Waals surface area contributed by atoms with E-state index in [0.29, 0.717) is 11.8 Å². The number of carbonyl (C=O) groups is 2. The molecule has 0 saturated heterocycles. The van der Waals surface area contributed by atoms with Crippen LogP contribution in [0.15, 0.2) is 0 Å². The van der Waals surface area contributed by atoms with Crippen molar-refractivity contribution in [3.8, 4) is 0 Å². The highest BCUT2D eigenvalue weighted by Crippen LogP contribution is 2.34. The molecule has 1 N–H and O–H groups in total. The van der Waals surface area contributed by atoms with Crippen LogP contribution in [0.3, 0.4) is 0 Å². The third-order valence-corrected chi connectivity index (χ3v) is 4.73. The number of esters is 1. The topological polar surface area (TPSA) is 98.5 Å². The zero-order valence-electron chi connectivity index (χ0n) is 12.4. The van der Waals surface area contributed by atoms with Gasteiger partial charge in [-0.3, -0.25) is 19.7 Å². The molecular weight excluding hydrogens is 276 g/mol. The molecule has 2 saturated carbocycles. The Morgan fingerprint density at radius 3 is 2.67 bits per heavy atom. The Labute approximate surface area is 123 Å². The monoisotopic (exact) mass is 298 g/mol. The molecule has 2 aliphatic rings. The summed E-state index contributed by atoms with van der Waals surface area (Å²) in [7, 11) is 0. The zero-order chi connectivity index (χ0) is 15.6. The molecule has 0 aliphatic heterocycles. The first-order chi connectivity index (χ1) is 9.90. The van der Waals surface area contributed by atoms with Gasteiger partial charge in [-0.2, -0.15) is 0 Å². The zero-order valence-corrected chi connectivity index (χ0v) is 12.4. The van der Waals surface area contributed by atoms with Crippen LogP contribution in [-0.4, -0.2) is 35.5 Å². The summed E-state index contributed by atoms with van der Waals surface area (Å²) in [6, 6.07) is -0.716. The number of amides is 1. The maximum Gasteiger partial charge on any atom is 0.316 e. The molecule has 1 amide bonds. The molecule has 0 aromatic rings. The molecule has 0 aromatic carbocycles. The number of carbonyl (C=O) groups excluding carboxylic acids is 2. The molecule has 7 nitrogen and oxygen atoms in total. The summed E-state index contributed by atoms with van der Waals surface area (Å²) in [6.45, 7) is 3.94. The summed E-state index contributed by atoms with van der Waals surface area (Å²) in [5.41, 5.74) is 0. The Balaban J connectivity index is 1.70. The highest BCUT2D eigenvalue weighted by molar-refractivity contribution is 5.82. The first-order valence-electron chi connectivity index (χ1n) is 7.49. The Morgan fingerprint density at radius 1 is 1.33 bits per heavy atom. The SMILES string of the molecule is CC1CCCC(NC(=O)COC(=O)C2CC2[N+](=O)[O-])C1C. The van der Waals surface area contributed by atoms with Gasteiger partial charge in [0, 0.05) is 17.4 Å². The second-order valence-corrected chi connectivity index (χ2v) is 6.24. The third kappa shape index (κ3) is 3.92. The van der Waals surface area contributed by atoms with Crippen LogP contribution >= 0.6 is 0 Å². The van der Waals surface area contributed by atoms with Crippen LogP contribution in [0.4, 0.5) is 0 Å². The lowest BCUT2D eigenvalue weighted by Crippen LogP contribution is -2.45. The van der Waals surface area contributed by atoms with Gasteiger partial charge in [-0.25, -0.2) is 0 Å². The summed E-state index contributed by atoms with van der Waals surface area (Å²) in [4.78, 5) is 33.3. The Morgan fingerprint density at radius 2 is 2.05 bits per heavy atom. The van der Waals surface area contributed by atoms with Crippen molar-refractivity contribution in [2.24, 2.45) is 17.8 Å². The molecule has 2 rings (SSSR count). The molecule has 0 aromatic heterocycles. The molecule has 0 heterocycles. The standard InChI is InChI=1S/C14H22N2O5/c1-8-4-3-5-11(9(8)2)15-13(17)7-21-14(18)10-6-12(10)16(19)20/h8-12H,3-7H2,1-2H3,(H,15,17). The van der Waals surface area contributed by atoms with Gasteiger partial charge in [0.1, 0.15) is 5.92 Å². The lowest BCUT2D eigenvalue weighted by molar-refractivity contribution is -0.497. The van der Waals surface area contributed by atoms with Crippen molar-refractivity contribution in [2.45, 2.75) is 51.6 Å². The second kappa shape index (κ2) is 6.41. The van der Waals surface area contributed by atoms with E-state index in [0.717, 1.165) is 12.8 Å². The predicted molar refractivity (Wildman–Crippen MR) is 74.0 cm³/mol. The molecule has 21 heavy (non-hydrogen) atoms. The van der Waals surface area contributed by atoms with Gasteiger partial charge in [0.2, 0.25) is 6.04 Å². The fraction of sp³-hybridized carbons (Fsp3) is 0.857. The number of hydrogen-bond acceptors (Lipinski definition) is 5. The molecule has 5 unspecified atom stereocenters. The van der Waals surface area contributed by atoms with E-state index in [2.05, 4.69) is 19.2 Å². The Kier molecular flexibility index (Phi) is 4.80. The van der Waals surface area contributed by atoms with E-state index in [1.807, 2.05) is 0 Å². The first-order valence-corrected chi connectivity index (χ1v) is 7.49. The van der Waals surface area contributed by atoms with E-state index < -0.39 is 22.9 Å². The molecule has 2 aliphatic carbocycles. The average molecular weight is 298 g/mol. The molecule has 5 atom stereocenters. The highest BCUT2D eigenvalue weighted by atomic mass is 16.6. The number of nitrogens with zero attached hydrogens (tertiary/aromatic N) is 1. The van der Waals surface area contributed by atoms with Crippen molar-refractivity contribution in [3.63, 3.8) is 0 Å². The fourth-order valence-corrected chi connectivity index (χ4v) is 2.95. The van der Waals surface area contributed by atoms with Gasteiger partial charge in [-0.15, -0.1) is 0 Å². The number of hydrogen-bond donors (Lipinski definition) is 1. The summed E-state index contributed by atoms with van der Waals surface area (Å²) in [5.74, 6) is -0.675. The minimum absolute atomic E-state index is 0.118. The van der Waals surface area contributed by atoms with E-state index in [1.54, 1.807) is 0 Å². The molecule has 0 spiro atoms. The van der Waals surface area contributed by atoms with E-state index >= 15 is 0 Å². The van der Waals surface area contributed by atoms with Gasteiger partial charge in [0.15, 0.2) is 6.61 Å². The third-order valence-electron chi connectivity index (χ3n) is 4.73. The van der Waals surface area contributed by atoms with Crippen LogP contribution in [0.25, 0.3) is 0 Å². The van der Waals surface area contributed by atoms with E-state index in [4.69, 9.17) is 4.74 Å². The summed E-state index contributed by atoms with van der Waals surface area (Å²) < 4.78 is 4.86. The number of rotatable bonds is 5. The van der Waals surface area contributed by atoms with Crippen LogP contribution < -0.4 is 5.32 Å². The summed E-state index contributed by atoms with van der Waals surface area (Å²) in [5, 5.41) is 13.4. The van der Waals surface area contributed by atoms with Gasteiger partial charge < -0.3 is 10.1 Å². The summed E-state index contributed by atoms with van der Waals surface area (Å²) >= 11 is 0. The average Bonchev–Trinajstić information content (AvgIpc) is 3.22. The molecule has 0 radical (unpaired) electrons.